The standard InChI is InChI=1S/C13H28N4O3/c1-6-14-12(17-10-13(2,3)20-5)16-9-11(18)15-7-8-19-4/h6-10H2,1-5H3,(H,15,18)(H2,14,16,17). The molecular weight excluding hydrogens is 260 g/mol. The van der Waals surface area contributed by atoms with Crippen molar-refractivity contribution in [3.63, 3.8) is 0 Å². The molecular formula is C13H28N4O3. The second kappa shape index (κ2) is 10.4. The van der Waals surface area contributed by atoms with E-state index >= 15 is 0 Å². The molecule has 0 rings (SSSR count). The number of guanidine groups is 1. The van der Waals surface area contributed by atoms with Gasteiger partial charge in [-0.05, 0) is 20.8 Å². The van der Waals surface area contributed by atoms with E-state index in [0.29, 0.717) is 25.7 Å². The number of amides is 1. The Hall–Kier alpha value is -1.34. The third-order valence-electron chi connectivity index (χ3n) is 2.59. The molecule has 0 aromatic heterocycles. The number of hydrogen-bond donors (Lipinski definition) is 3. The van der Waals surface area contributed by atoms with Gasteiger partial charge in [0, 0.05) is 33.9 Å². The van der Waals surface area contributed by atoms with Gasteiger partial charge in [0.15, 0.2) is 5.96 Å². The molecule has 0 saturated heterocycles. The van der Waals surface area contributed by atoms with E-state index in [0.717, 1.165) is 6.54 Å². The van der Waals surface area contributed by atoms with Crippen LogP contribution in [0.4, 0.5) is 0 Å². The normalized spacial score (nSPS) is 12.2. The van der Waals surface area contributed by atoms with Gasteiger partial charge in [-0.25, -0.2) is 4.99 Å². The second-order valence-electron chi connectivity index (χ2n) is 4.86. The van der Waals surface area contributed by atoms with Gasteiger partial charge in [-0.2, -0.15) is 0 Å². The molecule has 0 aliphatic heterocycles. The van der Waals surface area contributed by atoms with Gasteiger partial charge >= 0.3 is 0 Å². The minimum absolute atomic E-state index is 0.0759. The lowest BCUT2D eigenvalue weighted by Crippen LogP contribution is -2.45. The molecule has 118 valence electrons. The highest BCUT2D eigenvalue weighted by atomic mass is 16.5. The average molecular weight is 288 g/mol. The first-order chi connectivity index (χ1) is 9.45. The molecule has 0 heterocycles. The summed E-state index contributed by atoms with van der Waals surface area (Å²) >= 11 is 0. The summed E-state index contributed by atoms with van der Waals surface area (Å²) in [6.45, 7) is 8.30. The zero-order chi connectivity index (χ0) is 15.4. The number of carbonyl (C=O) groups excluding carboxylic acids is 1. The Morgan fingerprint density at radius 1 is 1.20 bits per heavy atom. The number of aliphatic imine (C=N–C) groups is 1. The molecule has 0 atom stereocenters. The predicted octanol–water partition coefficient (Wildman–Crippen LogP) is -0.271. The summed E-state index contributed by atoms with van der Waals surface area (Å²) in [7, 11) is 3.25. The third-order valence-corrected chi connectivity index (χ3v) is 2.59. The van der Waals surface area contributed by atoms with Crippen molar-refractivity contribution in [2.24, 2.45) is 4.99 Å². The van der Waals surface area contributed by atoms with Gasteiger partial charge in [-0.1, -0.05) is 0 Å². The van der Waals surface area contributed by atoms with Crippen molar-refractivity contribution in [3.05, 3.63) is 0 Å². The summed E-state index contributed by atoms with van der Waals surface area (Å²) in [5.41, 5.74) is -0.295. The number of methoxy groups -OCH3 is 2. The Kier molecular flexibility index (Phi) is 9.75. The largest absolute Gasteiger partial charge is 0.383 e. The first kappa shape index (κ1) is 18.7. The summed E-state index contributed by atoms with van der Waals surface area (Å²) in [5.74, 6) is 0.463. The maximum atomic E-state index is 11.5. The molecule has 0 spiro atoms. The van der Waals surface area contributed by atoms with Crippen LogP contribution in [0, 0.1) is 0 Å². The molecule has 0 aromatic rings. The van der Waals surface area contributed by atoms with Crippen LogP contribution in [-0.2, 0) is 14.3 Å². The van der Waals surface area contributed by atoms with Gasteiger partial charge in [0.25, 0.3) is 0 Å². The molecule has 0 aromatic carbocycles. The minimum Gasteiger partial charge on any atom is -0.383 e. The fourth-order valence-electron chi connectivity index (χ4n) is 1.21. The molecule has 7 heteroatoms. The number of hydrogen-bond acceptors (Lipinski definition) is 4. The molecule has 0 aliphatic carbocycles. The molecule has 0 aliphatic rings. The zero-order valence-electron chi connectivity index (χ0n) is 13.2. The van der Waals surface area contributed by atoms with Crippen molar-refractivity contribution < 1.29 is 14.3 Å². The van der Waals surface area contributed by atoms with Gasteiger partial charge in [0.05, 0.1) is 12.2 Å². The van der Waals surface area contributed by atoms with E-state index in [4.69, 9.17) is 9.47 Å². The van der Waals surface area contributed by atoms with E-state index in [1.807, 2.05) is 20.8 Å². The SMILES string of the molecule is CCNC(=NCC(=O)NCCOC)NCC(C)(C)OC. The molecule has 7 nitrogen and oxygen atoms in total. The minimum atomic E-state index is -0.295. The fourth-order valence-corrected chi connectivity index (χ4v) is 1.21. The monoisotopic (exact) mass is 288 g/mol. The topological polar surface area (TPSA) is 84.0 Å². The van der Waals surface area contributed by atoms with Crippen molar-refractivity contribution in [2.45, 2.75) is 26.4 Å². The quantitative estimate of drug-likeness (QED) is 0.309. The molecule has 20 heavy (non-hydrogen) atoms. The Bertz CT molecular complexity index is 306. The lowest BCUT2D eigenvalue weighted by molar-refractivity contribution is -0.119. The Morgan fingerprint density at radius 2 is 1.90 bits per heavy atom. The van der Waals surface area contributed by atoms with E-state index in [9.17, 15) is 4.79 Å². The van der Waals surface area contributed by atoms with Crippen LogP contribution in [0.25, 0.3) is 0 Å². The Labute approximate surface area is 121 Å². The van der Waals surface area contributed by atoms with Gasteiger partial charge in [-0.15, -0.1) is 0 Å². The molecule has 3 N–H and O–H groups in total. The highest BCUT2D eigenvalue weighted by Gasteiger charge is 2.16. The van der Waals surface area contributed by atoms with Gasteiger partial charge < -0.3 is 25.4 Å². The van der Waals surface area contributed by atoms with Crippen LogP contribution in [0.5, 0.6) is 0 Å². The van der Waals surface area contributed by atoms with Gasteiger partial charge in [0.2, 0.25) is 5.91 Å². The smallest absolute Gasteiger partial charge is 0.241 e. The first-order valence-electron chi connectivity index (χ1n) is 6.78. The number of rotatable bonds is 9. The summed E-state index contributed by atoms with van der Waals surface area (Å²) in [6.07, 6.45) is 0. The van der Waals surface area contributed by atoms with E-state index in [1.165, 1.54) is 0 Å². The van der Waals surface area contributed by atoms with Crippen LogP contribution in [0.1, 0.15) is 20.8 Å². The molecule has 0 unspecified atom stereocenters. The van der Waals surface area contributed by atoms with Crippen molar-refractivity contribution in [3.8, 4) is 0 Å². The summed E-state index contributed by atoms with van der Waals surface area (Å²) < 4.78 is 10.2. The molecule has 1 amide bonds. The van der Waals surface area contributed by atoms with Crippen LogP contribution in [0.15, 0.2) is 4.99 Å². The molecule has 0 radical (unpaired) electrons. The summed E-state index contributed by atoms with van der Waals surface area (Å²) in [5, 5.41) is 8.94. The molecule has 0 bridgehead atoms. The first-order valence-corrected chi connectivity index (χ1v) is 6.78. The lowest BCUT2D eigenvalue weighted by Gasteiger charge is -2.24. The maximum Gasteiger partial charge on any atom is 0.241 e. The second-order valence-corrected chi connectivity index (χ2v) is 4.86. The van der Waals surface area contributed by atoms with Crippen molar-refractivity contribution in [2.75, 3.05) is 47.0 Å². The van der Waals surface area contributed by atoms with Crippen LogP contribution in [0.2, 0.25) is 0 Å². The van der Waals surface area contributed by atoms with E-state index in [2.05, 4.69) is 20.9 Å². The van der Waals surface area contributed by atoms with Gasteiger partial charge in [0.1, 0.15) is 6.54 Å². The summed E-state index contributed by atoms with van der Waals surface area (Å²) in [4.78, 5) is 15.7. The van der Waals surface area contributed by atoms with Crippen LogP contribution in [-0.4, -0.2) is 64.5 Å². The molecule has 0 fully saturated rings. The van der Waals surface area contributed by atoms with Crippen molar-refractivity contribution >= 4 is 11.9 Å². The molecule has 0 saturated carbocycles. The highest BCUT2D eigenvalue weighted by molar-refractivity contribution is 5.84. The average Bonchev–Trinajstić information content (AvgIpc) is 2.42. The number of nitrogens with zero attached hydrogens (tertiary/aromatic N) is 1. The Balaban J connectivity index is 4.22. The van der Waals surface area contributed by atoms with E-state index in [-0.39, 0.29) is 18.1 Å². The highest BCUT2D eigenvalue weighted by Crippen LogP contribution is 2.04. The van der Waals surface area contributed by atoms with E-state index in [1.54, 1.807) is 14.2 Å². The van der Waals surface area contributed by atoms with Crippen molar-refractivity contribution in [1.29, 1.82) is 0 Å². The van der Waals surface area contributed by atoms with Crippen LogP contribution in [0.3, 0.4) is 0 Å². The maximum absolute atomic E-state index is 11.5. The third kappa shape index (κ3) is 9.57. The lowest BCUT2D eigenvalue weighted by atomic mass is 10.1. The Morgan fingerprint density at radius 3 is 2.45 bits per heavy atom. The number of carbonyl (C=O) groups is 1. The fraction of sp³-hybridized carbons (Fsp3) is 0.846. The van der Waals surface area contributed by atoms with Gasteiger partial charge in [-0.3, -0.25) is 4.79 Å². The number of ether oxygens (including phenoxy) is 2. The number of nitrogens with one attached hydrogen (secondary N) is 3. The van der Waals surface area contributed by atoms with E-state index < -0.39 is 0 Å². The predicted molar refractivity (Wildman–Crippen MR) is 80.0 cm³/mol. The zero-order valence-corrected chi connectivity index (χ0v) is 13.2. The van der Waals surface area contributed by atoms with Crippen LogP contribution >= 0.6 is 0 Å². The van der Waals surface area contributed by atoms with Crippen LogP contribution < -0.4 is 16.0 Å². The van der Waals surface area contributed by atoms with Crippen molar-refractivity contribution in [1.82, 2.24) is 16.0 Å². The summed E-state index contributed by atoms with van der Waals surface area (Å²) in [6, 6.07) is 0.